The Morgan fingerprint density at radius 3 is 2.40 bits per heavy atom. The first-order valence-corrected chi connectivity index (χ1v) is 13.8. The van der Waals surface area contributed by atoms with Crippen LogP contribution in [-0.4, -0.2) is 49.7 Å². The van der Waals surface area contributed by atoms with Crippen molar-refractivity contribution in [1.82, 2.24) is 24.6 Å². The molecular formula is C31H33N9O2. The molecule has 1 aliphatic rings. The van der Waals surface area contributed by atoms with Crippen molar-refractivity contribution in [3.63, 3.8) is 0 Å². The molecule has 42 heavy (non-hydrogen) atoms. The van der Waals surface area contributed by atoms with Crippen molar-refractivity contribution in [2.24, 2.45) is 5.41 Å². The van der Waals surface area contributed by atoms with Gasteiger partial charge in [0, 0.05) is 30.0 Å². The molecule has 3 heterocycles. The summed E-state index contributed by atoms with van der Waals surface area (Å²) in [5.41, 5.74) is 9.43. The summed E-state index contributed by atoms with van der Waals surface area (Å²) in [7, 11) is 0. The maximum absolute atomic E-state index is 13.3. The number of nitrogens with one attached hydrogen (secondary N) is 2. The van der Waals surface area contributed by atoms with Crippen LogP contribution in [0.3, 0.4) is 0 Å². The fourth-order valence-electron chi connectivity index (χ4n) is 5.06. The van der Waals surface area contributed by atoms with E-state index in [1.54, 1.807) is 23.1 Å². The highest BCUT2D eigenvalue weighted by molar-refractivity contribution is 6.01. The molecular weight excluding hydrogens is 530 g/mol. The second-order valence-corrected chi connectivity index (χ2v) is 11.4. The van der Waals surface area contributed by atoms with Gasteiger partial charge in [0.05, 0.1) is 11.4 Å². The third-order valence-electron chi connectivity index (χ3n) is 6.92. The summed E-state index contributed by atoms with van der Waals surface area (Å²) < 4.78 is 1.82. The number of urea groups is 1. The molecule has 1 aliphatic heterocycles. The molecule has 4 aromatic rings. The quantitative estimate of drug-likeness (QED) is 0.217. The molecule has 4 N–H and O–H groups in total. The average molecular weight is 564 g/mol. The van der Waals surface area contributed by atoms with E-state index in [1.807, 2.05) is 67.9 Å². The first-order valence-electron chi connectivity index (χ1n) is 13.8. The number of likely N-dealkylation sites (tertiary alicyclic amines) is 1. The van der Waals surface area contributed by atoms with Crippen molar-refractivity contribution < 1.29 is 9.59 Å². The van der Waals surface area contributed by atoms with E-state index < -0.39 is 0 Å². The van der Waals surface area contributed by atoms with Crippen molar-refractivity contribution in [2.75, 3.05) is 29.5 Å². The van der Waals surface area contributed by atoms with Crippen LogP contribution in [0, 0.1) is 16.7 Å². The van der Waals surface area contributed by atoms with Crippen LogP contribution in [0.5, 0.6) is 0 Å². The number of hydrogen-bond acceptors (Lipinski definition) is 7. The second kappa shape index (κ2) is 11.7. The third kappa shape index (κ3) is 6.23. The van der Waals surface area contributed by atoms with E-state index in [1.165, 1.54) is 6.33 Å². The number of aromatic nitrogens is 4. The number of nitrogens with zero attached hydrogens (tertiary/aromatic N) is 6. The van der Waals surface area contributed by atoms with Crippen LogP contribution in [0.15, 0.2) is 72.6 Å². The first-order chi connectivity index (χ1) is 20.1. The molecule has 3 amide bonds. The largest absolute Gasteiger partial charge is 0.383 e. The van der Waals surface area contributed by atoms with Crippen LogP contribution in [0.25, 0.3) is 22.3 Å². The summed E-state index contributed by atoms with van der Waals surface area (Å²) in [6.07, 6.45) is 4.67. The lowest BCUT2D eigenvalue weighted by molar-refractivity contribution is -0.128. The molecule has 2 aromatic carbocycles. The molecule has 0 bridgehead atoms. The van der Waals surface area contributed by atoms with Crippen LogP contribution < -0.4 is 16.4 Å². The monoisotopic (exact) mass is 563 g/mol. The Labute approximate surface area is 244 Å². The molecule has 1 unspecified atom stereocenters. The predicted octanol–water partition coefficient (Wildman–Crippen LogP) is 5.38. The van der Waals surface area contributed by atoms with Crippen LogP contribution >= 0.6 is 0 Å². The Balaban J connectivity index is 1.40. The predicted molar refractivity (Wildman–Crippen MR) is 162 cm³/mol. The standard InChI is InChI=1S/C31H33N9O2/c1-31(2,3)16-21(17-32)29(41)39-15-7-10-24(18-39)40-28-25(27(33)34-19-35-28)26(38-40)20-11-13-23(14-12-20)37-30(42)36-22-8-5-4-6-9-22/h4-6,8-9,11-14,16,19,24H,7,10,15,18H2,1-3H3,(H2,33,34,35)(H2,36,37,42). The van der Waals surface area contributed by atoms with Gasteiger partial charge in [-0.15, -0.1) is 0 Å². The molecule has 1 fully saturated rings. The van der Waals surface area contributed by atoms with E-state index >= 15 is 0 Å². The highest BCUT2D eigenvalue weighted by Gasteiger charge is 2.30. The topological polar surface area (TPSA) is 155 Å². The highest BCUT2D eigenvalue weighted by Crippen LogP contribution is 2.34. The van der Waals surface area contributed by atoms with Crippen molar-refractivity contribution in [2.45, 2.75) is 39.7 Å². The molecule has 2 aromatic heterocycles. The van der Waals surface area contributed by atoms with Gasteiger partial charge in [0.15, 0.2) is 5.65 Å². The van der Waals surface area contributed by atoms with E-state index in [-0.39, 0.29) is 29.0 Å². The van der Waals surface area contributed by atoms with Crippen molar-refractivity contribution in [3.05, 3.63) is 72.6 Å². The number of benzene rings is 2. The zero-order valence-corrected chi connectivity index (χ0v) is 23.8. The van der Waals surface area contributed by atoms with Gasteiger partial charge in [-0.2, -0.15) is 10.4 Å². The molecule has 0 aliphatic carbocycles. The molecule has 0 radical (unpaired) electrons. The second-order valence-electron chi connectivity index (χ2n) is 11.4. The number of allylic oxidation sites excluding steroid dienone is 1. The average Bonchev–Trinajstić information content (AvgIpc) is 3.37. The number of anilines is 3. The molecule has 11 nitrogen and oxygen atoms in total. The van der Waals surface area contributed by atoms with E-state index in [0.29, 0.717) is 47.0 Å². The Hall–Kier alpha value is -5.24. The minimum atomic E-state index is -0.352. The number of hydrogen-bond donors (Lipinski definition) is 3. The van der Waals surface area contributed by atoms with Gasteiger partial charge in [0.1, 0.15) is 29.5 Å². The van der Waals surface area contributed by atoms with Gasteiger partial charge in [-0.1, -0.05) is 57.2 Å². The number of carbonyl (C=O) groups excluding carboxylic acids is 2. The van der Waals surface area contributed by atoms with Crippen LogP contribution in [0.1, 0.15) is 39.7 Å². The number of amides is 3. The molecule has 11 heteroatoms. The summed E-state index contributed by atoms with van der Waals surface area (Å²) in [6, 6.07) is 18.0. The summed E-state index contributed by atoms with van der Waals surface area (Å²) in [5, 5.41) is 20.8. The lowest BCUT2D eigenvalue weighted by atomic mass is 9.93. The van der Waals surface area contributed by atoms with E-state index in [0.717, 1.165) is 18.4 Å². The molecule has 0 saturated carbocycles. The summed E-state index contributed by atoms with van der Waals surface area (Å²) >= 11 is 0. The van der Waals surface area contributed by atoms with Crippen molar-refractivity contribution in [1.29, 1.82) is 5.26 Å². The molecule has 214 valence electrons. The lowest BCUT2D eigenvalue weighted by Crippen LogP contribution is -2.41. The molecule has 1 saturated heterocycles. The smallest absolute Gasteiger partial charge is 0.323 e. The Morgan fingerprint density at radius 2 is 1.74 bits per heavy atom. The van der Waals surface area contributed by atoms with Crippen LogP contribution in [0.4, 0.5) is 22.0 Å². The Kier molecular flexibility index (Phi) is 7.88. The molecule has 1 atom stereocenters. The minimum Gasteiger partial charge on any atom is -0.383 e. The maximum atomic E-state index is 13.3. The van der Waals surface area contributed by atoms with E-state index in [4.69, 9.17) is 10.8 Å². The fourth-order valence-corrected chi connectivity index (χ4v) is 5.06. The number of nitrogen functional groups attached to an aromatic ring is 1. The fraction of sp³-hybridized carbons (Fsp3) is 0.290. The Morgan fingerprint density at radius 1 is 1.05 bits per heavy atom. The van der Waals surface area contributed by atoms with Gasteiger partial charge in [-0.05, 0) is 42.5 Å². The first kappa shape index (κ1) is 28.3. The third-order valence-corrected chi connectivity index (χ3v) is 6.92. The van der Waals surface area contributed by atoms with Crippen molar-refractivity contribution in [3.8, 4) is 17.3 Å². The highest BCUT2D eigenvalue weighted by atomic mass is 16.2. The number of nitriles is 1. The van der Waals surface area contributed by atoms with Gasteiger partial charge >= 0.3 is 6.03 Å². The number of carbonyl (C=O) groups is 2. The summed E-state index contributed by atoms with van der Waals surface area (Å²) in [6.45, 7) is 6.83. The minimum absolute atomic E-state index is 0.145. The number of nitrogens with two attached hydrogens (primary N) is 1. The SMILES string of the molecule is CC(C)(C)C=C(C#N)C(=O)N1CCCC(n2nc(-c3ccc(NC(=O)Nc4ccccc4)cc3)c3c(N)ncnc32)C1. The zero-order valence-electron chi connectivity index (χ0n) is 23.8. The van der Waals surface area contributed by atoms with E-state index in [9.17, 15) is 14.9 Å². The summed E-state index contributed by atoms with van der Waals surface area (Å²) in [5.74, 6) is 0.0247. The van der Waals surface area contributed by atoms with E-state index in [2.05, 4.69) is 26.7 Å². The molecule has 0 spiro atoms. The van der Waals surface area contributed by atoms with Gasteiger partial charge in [0.25, 0.3) is 5.91 Å². The summed E-state index contributed by atoms with van der Waals surface area (Å²) in [4.78, 5) is 36.1. The molecule has 5 rings (SSSR count). The number of rotatable bonds is 5. The van der Waals surface area contributed by atoms with Crippen LogP contribution in [0.2, 0.25) is 0 Å². The Bertz CT molecular complexity index is 1680. The van der Waals surface area contributed by atoms with Gasteiger partial charge in [-0.3, -0.25) is 4.79 Å². The van der Waals surface area contributed by atoms with Crippen molar-refractivity contribution >= 4 is 40.2 Å². The number of para-hydroxylation sites is 1. The normalized spacial score (nSPS) is 15.7. The number of piperidine rings is 1. The van der Waals surface area contributed by atoms with Crippen LogP contribution in [-0.2, 0) is 4.79 Å². The van der Waals surface area contributed by atoms with Gasteiger partial charge in [0.2, 0.25) is 0 Å². The van der Waals surface area contributed by atoms with Gasteiger partial charge in [-0.25, -0.2) is 19.4 Å². The van der Waals surface area contributed by atoms with Gasteiger partial charge < -0.3 is 21.3 Å². The number of fused-ring (bicyclic) bond motifs is 1. The zero-order chi connectivity index (χ0) is 29.9. The maximum Gasteiger partial charge on any atom is 0.323 e. The lowest BCUT2D eigenvalue weighted by Gasteiger charge is -2.33.